The van der Waals surface area contributed by atoms with Gasteiger partial charge in [0.05, 0.1) is 0 Å². The van der Waals surface area contributed by atoms with Crippen molar-refractivity contribution in [1.82, 2.24) is 25.5 Å². The molecule has 24 heavy (non-hydrogen) atoms. The smallest absolute Gasteiger partial charge is 0.332 e. The second-order valence-electron chi connectivity index (χ2n) is 5.86. The fourth-order valence-corrected chi connectivity index (χ4v) is 2.29. The van der Waals surface area contributed by atoms with E-state index in [1.54, 1.807) is 6.92 Å². The summed E-state index contributed by atoms with van der Waals surface area (Å²) in [6, 6.07) is 9.00. The van der Waals surface area contributed by atoms with E-state index in [0.717, 1.165) is 18.4 Å². The van der Waals surface area contributed by atoms with Crippen molar-refractivity contribution in [3.8, 4) is 0 Å². The molecule has 1 amide bonds. The van der Waals surface area contributed by atoms with Gasteiger partial charge in [0.1, 0.15) is 6.33 Å². The molecule has 0 spiro atoms. The summed E-state index contributed by atoms with van der Waals surface area (Å²) < 4.78 is 6.68. The monoisotopic (exact) mass is 329 g/mol. The molecule has 1 aliphatic carbocycles. The van der Waals surface area contributed by atoms with Crippen molar-refractivity contribution in [2.75, 3.05) is 0 Å². The summed E-state index contributed by atoms with van der Waals surface area (Å²) in [5.41, 5.74) is 0.949. The largest absolute Gasteiger partial charge is 0.451 e. The molecular formula is C16H19N5O3. The maximum absolute atomic E-state index is 12.5. The number of nitrogens with one attached hydrogen (secondary N) is 1. The van der Waals surface area contributed by atoms with Gasteiger partial charge in [0.2, 0.25) is 0 Å². The number of carbonyl (C=O) groups is 2. The molecule has 0 saturated heterocycles. The van der Waals surface area contributed by atoms with Gasteiger partial charge in [0, 0.05) is 12.5 Å². The van der Waals surface area contributed by atoms with Crippen molar-refractivity contribution in [1.29, 1.82) is 0 Å². The number of aromatic nitrogens is 4. The highest BCUT2D eigenvalue weighted by Gasteiger charge is 2.30. The molecule has 0 aliphatic heterocycles. The van der Waals surface area contributed by atoms with Crippen molar-refractivity contribution in [2.45, 2.75) is 44.4 Å². The van der Waals surface area contributed by atoms with Gasteiger partial charge in [0.25, 0.3) is 5.91 Å². The van der Waals surface area contributed by atoms with Crippen molar-refractivity contribution in [2.24, 2.45) is 0 Å². The van der Waals surface area contributed by atoms with E-state index < -0.39 is 18.1 Å². The molecule has 0 radical (unpaired) electrons. The molecule has 1 saturated carbocycles. The quantitative estimate of drug-likeness (QED) is 0.750. The van der Waals surface area contributed by atoms with E-state index >= 15 is 0 Å². The predicted octanol–water partition coefficient (Wildman–Crippen LogP) is 0.667. The van der Waals surface area contributed by atoms with Crippen molar-refractivity contribution in [3.63, 3.8) is 0 Å². The summed E-state index contributed by atoms with van der Waals surface area (Å²) in [5, 5.41) is 13.8. The second kappa shape index (κ2) is 7.20. The van der Waals surface area contributed by atoms with Crippen LogP contribution in [0.1, 0.15) is 31.4 Å². The van der Waals surface area contributed by atoms with Crippen LogP contribution in [0.4, 0.5) is 0 Å². The molecule has 1 fully saturated rings. The van der Waals surface area contributed by atoms with Gasteiger partial charge in [-0.25, -0.2) is 9.48 Å². The summed E-state index contributed by atoms with van der Waals surface area (Å²) in [5.74, 6) is -0.814. The van der Waals surface area contributed by atoms with Gasteiger partial charge >= 0.3 is 5.97 Å². The Morgan fingerprint density at radius 2 is 2.08 bits per heavy atom. The molecule has 126 valence electrons. The van der Waals surface area contributed by atoms with Crippen molar-refractivity contribution in [3.05, 3.63) is 42.2 Å². The Morgan fingerprint density at radius 1 is 1.33 bits per heavy atom. The minimum atomic E-state index is -0.854. The first-order valence-corrected chi connectivity index (χ1v) is 7.91. The van der Waals surface area contributed by atoms with E-state index in [0.29, 0.717) is 6.42 Å². The summed E-state index contributed by atoms with van der Waals surface area (Å²) in [6.07, 6.45) is 2.85. The van der Waals surface area contributed by atoms with Crippen LogP contribution in [0.5, 0.6) is 0 Å². The lowest BCUT2D eigenvalue weighted by atomic mass is 10.1. The van der Waals surface area contributed by atoms with E-state index in [9.17, 15) is 9.59 Å². The normalized spacial score (nSPS) is 16.2. The highest BCUT2D eigenvalue weighted by Crippen LogP contribution is 2.19. The Labute approximate surface area is 139 Å². The fourth-order valence-electron chi connectivity index (χ4n) is 2.29. The van der Waals surface area contributed by atoms with Gasteiger partial charge < -0.3 is 10.1 Å². The Balaban J connectivity index is 1.67. The van der Waals surface area contributed by atoms with Gasteiger partial charge in [-0.2, -0.15) is 0 Å². The summed E-state index contributed by atoms with van der Waals surface area (Å²) in [7, 11) is 0. The lowest BCUT2D eigenvalue weighted by molar-refractivity contribution is -0.158. The number of esters is 1. The molecule has 1 N–H and O–H groups in total. The summed E-state index contributed by atoms with van der Waals surface area (Å²) in [6.45, 7) is 1.56. The third kappa shape index (κ3) is 4.15. The maximum Gasteiger partial charge on any atom is 0.332 e. The van der Waals surface area contributed by atoms with Gasteiger partial charge in [-0.15, -0.1) is 5.10 Å². The maximum atomic E-state index is 12.5. The number of tetrazole rings is 1. The molecule has 1 heterocycles. The van der Waals surface area contributed by atoms with E-state index in [1.807, 2.05) is 30.3 Å². The number of nitrogens with zero attached hydrogens (tertiary/aromatic N) is 4. The van der Waals surface area contributed by atoms with Crippen LogP contribution in [-0.4, -0.2) is 44.2 Å². The second-order valence-corrected chi connectivity index (χ2v) is 5.86. The number of hydrogen-bond acceptors (Lipinski definition) is 6. The number of benzene rings is 1. The molecular weight excluding hydrogens is 310 g/mol. The highest BCUT2D eigenvalue weighted by atomic mass is 16.5. The first-order valence-electron chi connectivity index (χ1n) is 7.91. The number of hydrogen-bond donors (Lipinski definition) is 1. The molecule has 2 aromatic rings. The minimum absolute atomic E-state index is 0.221. The fraction of sp³-hybridized carbons (Fsp3) is 0.438. The van der Waals surface area contributed by atoms with Crippen LogP contribution < -0.4 is 5.32 Å². The molecule has 8 heteroatoms. The van der Waals surface area contributed by atoms with Gasteiger partial charge in [-0.1, -0.05) is 30.3 Å². The average Bonchev–Trinajstić information content (AvgIpc) is 3.23. The zero-order chi connectivity index (χ0) is 16.9. The standard InChI is InChI=1S/C16H19N5O3/c1-11(15(22)18-13-7-8-13)24-16(23)14(21-10-17-19-20-21)9-12-5-3-2-4-6-12/h2-6,10-11,13-14H,7-9H2,1H3,(H,18,22)/t11-,14+/m0/s1. The first kappa shape index (κ1) is 16.1. The number of amides is 1. The van der Waals surface area contributed by atoms with Crippen LogP contribution in [0.2, 0.25) is 0 Å². The van der Waals surface area contributed by atoms with Crippen LogP contribution in [0.25, 0.3) is 0 Å². The van der Waals surface area contributed by atoms with Crippen molar-refractivity contribution >= 4 is 11.9 Å². The molecule has 1 aliphatic rings. The minimum Gasteiger partial charge on any atom is -0.451 e. The van der Waals surface area contributed by atoms with Gasteiger partial charge in [-0.3, -0.25) is 4.79 Å². The zero-order valence-electron chi connectivity index (χ0n) is 13.3. The highest BCUT2D eigenvalue weighted by molar-refractivity contribution is 5.84. The molecule has 0 unspecified atom stereocenters. The topological polar surface area (TPSA) is 99.0 Å². The average molecular weight is 329 g/mol. The van der Waals surface area contributed by atoms with Crippen LogP contribution in [0.3, 0.4) is 0 Å². The first-order chi connectivity index (χ1) is 11.6. The van der Waals surface area contributed by atoms with Gasteiger partial charge in [-0.05, 0) is 35.8 Å². The third-order valence-electron chi connectivity index (χ3n) is 3.81. The Morgan fingerprint density at radius 3 is 2.71 bits per heavy atom. The van der Waals surface area contributed by atoms with Crippen LogP contribution in [0.15, 0.2) is 36.7 Å². The predicted molar refractivity (Wildman–Crippen MR) is 83.7 cm³/mol. The van der Waals surface area contributed by atoms with E-state index in [2.05, 4.69) is 20.8 Å². The summed E-state index contributed by atoms with van der Waals surface area (Å²) >= 11 is 0. The zero-order valence-corrected chi connectivity index (χ0v) is 13.3. The Bertz CT molecular complexity index is 685. The lowest BCUT2D eigenvalue weighted by Gasteiger charge is -2.19. The van der Waals surface area contributed by atoms with Crippen LogP contribution >= 0.6 is 0 Å². The molecule has 2 atom stereocenters. The SMILES string of the molecule is C[C@H](OC(=O)[C@@H](Cc1ccccc1)n1cnnn1)C(=O)NC1CC1. The van der Waals surface area contributed by atoms with Gasteiger partial charge in [0.15, 0.2) is 12.1 Å². The van der Waals surface area contributed by atoms with Crippen LogP contribution in [0, 0.1) is 0 Å². The Hall–Kier alpha value is -2.77. The molecule has 1 aromatic carbocycles. The number of rotatable bonds is 7. The Kier molecular flexibility index (Phi) is 4.83. The molecule has 8 nitrogen and oxygen atoms in total. The summed E-state index contributed by atoms with van der Waals surface area (Å²) in [4.78, 5) is 24.5. The number of ether oxygens (including phenoxy) is 1. The van der Waals surface area contributed by atoms with Crippen LogP contribution in [-0.2, 0) is 20.7 Å². The number of carbonyl (C=O) groups excluding carboxylic acids is 2. The third-order valence-corrected chi connectivity index (χ3v) is 3.81. The molecule has 1 aromatic heterocycles. The molecule has 0 bridgehead atoms. The molecule has 3 rings (SSSR count). The van der Waals surface area contributed by atoms with E-state index in [1.165, 1.54) is 11.0 Å². The lowest BCUT2D eigenvalue weighted by Crippen LogP contribution is -2.38. The van der Waals surface area contributed by atoms with E-state index in [-0.39, 0.29) is 11.9 Å². The van der Waals surface area contributed by atoms with E-state index in [4.69, 9.17) is 4.74 Å². The van der Waals surface area contributed by atoms with Crippen molar-refractivity contribution < 1.29 is 14.3 Å².